The second kappa shape index (κ2) is 5.52. The highest BCUT2D eigenvalue weighted by molar-refractivity contribution is 9.10. The molecule has 1 fully saturated rings. The van der Waals surface area contributed by atoms with Gasteiger partial charge < -0.3 is 10.0 Å². The van der Waals surface area contributed by atoms with E-state index in [1.54, 1.807) is 0 Å². The standard InChI is InChI=1S/C13H15BrN2O/c14-11-2-5-13(10(8-11)9-17)16(7-1-6-15)12-3-4-12/h2,5,8,12,17H,1,3-4,7,9H2. The van der Waals surface area contributed by atoms with Crippen LogP contribution in [-0.2, 0) is 6.61 Å². The summed E-state index contributed by atoms with van der Waals surface area (Å²) < 4.78 is 0.973. The van der Waals surface area contributed by atoms with Gasteiger partial charge in [-0.25, -0.2) is 0 Å². The zero-order chi connectivity index (χ0) is 12.3. The minimum atomic E-state index is 0.0323. The topological polar surface area (TPSA) is 47.3 Å². The lowest BCUT2D eigenvalue weighted by molar-refractivity contribution is 0.282. The zero-order valence-corrected chi connectivity index (χ0v) is 11.2. The summed E-state index contributed by atoms with van der Waals surface area (Å²) in [4.78, 5) is 2.25. The smallest absolute Gasteiger partial charge is 0.0702 e. The first-order chi connectivity index (χ1) is 8.26. The van der Waals surface area contributed by atoms with Crippen LogP contribution in [0.25, 0.3) is 0 Å². The van der Waals surface area contributed by atoms with E-state index in [0.29, 0.717) is 12.5 Å². The minimum absolute atomic E-state index is 0.0323. The molecule has 90 valence electrons. The van der Waals surface area contributed by atoms with Gasteiger partial charge in [-0.2, -0.15) is 5.26 Å². The summed E-state index contributed by atoms with van der Waals surface area (Å²) in [5, 5.41) is 18.1. The fourth-order valence-electron chi connectivity index (χ4n) is 2.02. The van der Waals surface area contributed by atoms with Crippen LogP contribution in [0.2, 0.25) is 0 Å². The fourth-order valence-corrected chi connectivity index (χ4v) is 2.43. The fraction of sp³-hybridized carbons (Fsp3) is 0.462. The lowest BCUT2D eigenvalue weighted by Gasteiger charge is -2.26. The Labute approximate surface area is 110 Å². The van der Waals surface area contributed by atoms with Crippen LogP contribution in [0.1, 0.15) is 24.8 Å². The summed E-state index contributed by atoms with van der Waals surface area (Å²) >= 11 is 3.41. The Bertz CT molecular complexity index is 438. The van der Waals surface area contributed by atoms with Crippen LogP contribution in [-0.4, -0.2) is 17.7 Å². The molecule has 0 spiro atoms. The lowest BCUT2D eigenvalue weighted by Crippen LogP contribution is -2.27. The third kappa shape index (κ3) is 2.99. The van der Waals surface area contributed by atoms with Crippen molar-refractivity contribution >= 4 is 21.6 Å². The predicted molar refractivity (Wildman–Crippen MR) is 70.7 cm³/mol. The number of benzene rings is 1. The van der Waals surface area contributed by atoms with E-state index in [0.717, 1.165) is 22.3 Å². The number of halogens is 1. The number of aliphatic hydroxyl groups is 1. The molecule has 1 N–H and O–H groups in total. The van der Waals surface area contributed by atoms with E-state index in [2.05, 4.69) is 26.9 Å². The van der Waals surface area contributed by atoms with Gasteiger partial charge in [0.05, 0.1) is 19.1 Å². The summed E-state index contributed by atoms with van der Waals surface area (Å²) in [5.41, 5.74) is 1.98. The van der Waals surface area contributed by atoms with Gasteiger partial charge in [0, 0.05) is 28.3 Å². The Balaban J connectivity index is 2.25. The van der Waals surface area contributed by atoms with Crippen molar-refractivity contribution in [2.75, 3.05) is 11.4 Å². The van der Waals surface area contributed by atoms with Gasteiger partial charge in [-0.3, -0.25) is 0 Å². The highest BCUT2D eigenvalue weighted by Gasteiger charge is 2.29. The lowest BCUT2D eigenvalue weighted by atomic mass is 10.1. The number of aliphatic hydroxyl groups excluding tert-OH is 1. The van der Waals surface area contributed by atoms with Gasteiger partial charge in [0.25, 0.3) is 0 Å². The van der Waals surface area contributed by atoms with Crippen molar-refractivity contribution in [1.82, 2.24) is 0 Å². The number of nitriles is 1. The average molecular weight is 295 g/mol. The maximum Gasteiger partial charge on any atom is 0.0702 e. The van der Waals surface area contributed by atoms with E-state index in [9.17, 15) is 5.11 Å². The Morgan fingerprint density at radius 2 is 2.24 bits per heavy atom. The molecular formula is C13H15BrN2O. The van der Waals surface area contributed by atoms with E-state index in [-0.39, 0.29) is 6.61 Å². The van der Waals surface area contributed by atoms with Crippen LogP contribution in [0.3, 0.4) is 0 Å². The van der Waals surface area contributed by atoms with Crippen molar-refractivity contribution < 1.29 is 5.11 Å². The predicted octanol–water partition coefficient (Wildman–Crippen LogP) is 2.82. The first-order valence-electron chi connectivity index (χ1n) is 5.79. The molecule has 0 saturated heterocycles. The molecule has 0 aliphatic heterocycles. The molecule has 4 heteroatoms. The first kappa shape index (κ1) is 12.4. The van der Waals surface area contributed by atoms with E-state index < -0.39 is 0 Å². The van der Waals surface area contributed by atoms with Crippen molar-refractivity contribution in [2.45, 2.75) is 31.9 Å². The van der Waals surface area contributed by atoms with Gasteiger partial charge in [0.15, 0.2) is 0 Å². The number of rotatable bonds is 5. The van der Waals surface area contributed by atoms with E-state index in [1.807, 2.05) is 18.2 Å². The highest BCUT2D eigenvalue weighted by atomic mass is 79.9. The summed E-state index contributed by atoms with van der Waals surface area (Å²) in [7, 11) is 0. The molecule has 0 bridgehead atoms. The number of nitrogens with zero attached hydrogens (tertiary/aromatic N) is 2. The van der Waals surface area contributed by atoms with Crippen LogP contribution in [0.15, 0.2) is 22.7 Å². The molecule has 17 heavy (non-hydrogen) atoms. The highest BCUT2D eigenvalue weighted by Crippen LogP contribution is 2.34. The third-order valence-corrected chi connectivity index (χ3v) is 3.47. The van der Waals surface area contributed by atoms with Crippen LogP contribution in [0.5, 0.6) is 0 Å². The molecule has 0 aromatic heterocycles. The van der Waals surface area contributed by atoms with Crippen molar-refractivity contribution in [3.05, 3.63) is 28.2 Å². The van der Waals surface area contributed by atoms with Gasteiger partial charge in [-0.05, 0) is 31.0 Å². The van der Waals surface area contributed by atoms with E-state index in [4.69, 9.17) is 5.26 Å². The molecule has 0 radical (unpaired) electrons. The Hall–Kier alpha value is -1.05. The number of hydrogen-bond donors (Lipinski definition) is 1. The largest absolute Gasteiger partial charge is 0.392 e. The Morgan fingerprint density at radius 3 is 2.82 bits per heavy atom. The average Bonchev–Trinajstić information content (AvgIpc) is 3.15. The van der Waals surface area contributed by atoms with Crippen molar-refractivity contribution in [3.63, 3.8) is 0 Å². The summed E-state index contributed by atoms with van der Waals surface area (Å²) in [6, 6.07) is 8.68. The molecule has 1 saturated carbocycles. The molecule has 1 aromatic carbocycles. The molecule has 0 unspecified atom stereocenters. The summed E-state index contributed by atoms with van der Waals surface area (Å²) in [5.74, 6) is 0. The molecule has 2 rings (SSSR count). The Kier molecular flexibility index (Phi) is 4.03. The van der Waals surface area contributed by atoms with Crippen LogP contribution in [0, 0.1) is 11.3 Å². The Morgan fingerprint density at radius 1 is 1.47 bits per heavy atom. The van der Waals surface area contributed by atoms with Crippen molar-refractivity contribution in [1.29, 1.82) is 5.26 Å². The zero-order valence-electron chi connectivity index (χ0n) is 9.56. The SMILES string of the molecule is N#CCCN(c1ccc(Br)cc1CO)C1CC1. The molecule has 0 atom stereocenters. The maximum absolute atomic E-state index is 9.41. The quantitative estimate of drug-likeness (QED) is 0.908. The van der Waals surface area contributed by atoms with Gasteiger partial charge in [-0.15, -0.1) is 0 Å². The second-order valence-corrected chi connectivity index (χ2v) is 5.18. The summed E-state index contributed by atoms with van der Waals surface area (Å²) in [6.45, 7) is 0.778. The molecule has 0 amide bonds. The molecular weight excluding hydrogens is 280 g/mol. The van der Waals surface area contributed by atoms with Gasteiger partial charge in [-0.1, -0.05) is 15.9 Å². The molecule has 3 nitrogen and oxygen atoms in total. The normalized spacial score (nSPS) is 14.4. The molecule has 1 aliphatic rings. The third-order valence-electron chi connectivity index (χ3n) is 2.97. The first-order valence-corrected chi connectivity index (χ1v) is 6.58. The van der Waals surface area contributed by atoms with Crippen LogP contribution in [0.4, 0.5) is 5.69 Å². The van der Waals surface area contributed by atoms with Crippen molar-refractivity contribution in [3.8, 4) is 6.07 Å². The number of anilines is 1. The maximum atomic E-state index is 9.41. The molecule has 1 aliphatic carbocycles. The summed E-state index contributed by atoms with van der Waals surface area (Å²) in [6.07, 6.45) is 2.90. The number of hydrogen-bond acceptors (Lipinski definition) is 3. The van der Waals surface area contributed by atoms with Gasteiger partial charge in [0.1, 0.15) is 0 Å². The minimum Gasteiger partial charge on any atom is -0.392 e. The molecule has 1 aromatic rings. The second-order valence-electron chi connectivity index (χ2n) is 4.26. The molecule has 0 heterocycles. The van der Waals surface area contributed by atoms with E-state index >= 15 is 0 Å². The van der Waals surface area contributed by atoms with E-state index in [1.165, 1.54) is 12.8 Å². The van der Waals surface area contributed by atoms with Crippen molar-refractivity contribution in [2.24, 2.45) is 0 Å². The van der Waals surface area contributed by atoms with Gasteiger partial charge >= 0.3 is 0 Å². The van der Waals surface area contributed by atoms with Crippen LogP contribution >= 0.6 is 15.9 Å². The monoisotopic (exact) mass is 294 g/mol. The van der Waals surface area contributed by atoms with Crippen LogP contribution < -0.4 is 4.90 Å². The van der Waals surface area contributed by atoms with Gasteiger partial charge in [0.2, 0.25) is 0 Å².